The third kappa shape index (κ3) is 5.85. The molecule has 1 saturated heterocycles. The van der Waals surface area contributed by atoms with Crippen LogP contribution >= 0.6 is 0 Å². The van der Waals surface area contributed by atoms with Crippen LogP contribution in [0, 0.1) is 17.8 Å². The van der Waals surface area contributed by atoms with Gasteiger partial charge in [-0.2, -0.15) is 0 Å². The summed E-state index contributed by atoms with van der Waals surface area (Å²) >= 11 is 0. The quantitative estimate of drug-likeness (QED) is 0.693. The fourth-order valence-corrected chi connectivity index (χ4v) is 4.34. The summed E-state index contributed by atoms with van der Waals surface area (Å²) in [6, 6.07) is 6.20. The molecule has 1 aromatic carbocycles. The number of nitrogens with zero attached hydrogens (tertiary/aromatic N) is 1. The number of piperidine rings is 1. The van der Waals surface area contributed by atoms with Crippen molar-refractivity contribution in [3.63, 3.8) is 0 Å². The van der Waals surface area contributed by atoms with Crippen molar-refractivity contribution in [1.29, 1.82) is 0 Å². The summed E-state index contributed by atoms with van der Waals surface area (Å²) in [7, 11) is 1.61. The molecule has 1 saturated carbocycles. The number of halogens is 3. The van der Waals surface area contributed by atoms with E-state index < -0.39 is 6.36 Å². The summed E-state index contributed by atoms with van der Waals surface area (Å²) in [5.41, 5.74) is 0.857. The monoisotopic (exact) mass is 400 g/mol. The Bertz CT molecular complexity index is 671. The van der Waals surface area contributed by atoms with E-state index in [1.807, 2.05) is 13.0 Å². The van der Waals surface area contributed by atoms with Gasteiger partial charge in [-0.25, -0.2) is 0 Å². The fraction of sp³-hybridized carbons (Fsp3) is 0.650. The molecule has 28 heavy (non-hydrogen) atoms. The van der Waals surface area contributed by atoms with Gasteiger partial charge in [0, 0.05) is 26.2 Å². The molecular formula is C20H27F3N2O3. The molecule has 1 heterocycles. The SMILES string of the molecule is COCC(C)NC(=O)CN1CC2C(CCc3cccc(OC(F)(F)F)c3)C2C1. The number of nitrogens with one attached hydrogen (secondary N) is 1. The Hall–Kier alpha value is -1.80. The number of ether oxygens (including phenoxy) is 2. The van der Waals surface area contributed by atoms with E-state index in [9.17, 15) is 18.0 Å². The second-order valence-corrected chi connectivity index (χ2v) is 7.84. The first-order chi connectivity index (χ1) is 13.2. The number of methoxy groups -OCH3 is 1. The molecule has 1 N–H and O–H groups in total. The summed E-state index contributed by atoms with van der Waals surface area (Å²) < 4.78 is 46.0. The molecule has 2 fully saturated rings. The summed E-state index contributed by atoms with van der Waals surface area (Å²) in [5, 5.41) is 2.92. The number of hydrogen-bond donors (Lipinski definition) is 1. The molecule has 2 aliphatic rings. The molecule has 1 aliphatic carbocycles. The predicted octanol–water partition coefficient (Wildman–Crippen LogP) is 2.85. The van der Waals surface area contributed by atoms with Crippen LogP contribution in [0.4, 0.5) is 13.2 Å². The minimum atomic E-state index is -4.66. The number of carbonyl (C=O) groups is 1. The van der Waals surface area contributed by atoms with E-state index in [1.165, 1.54) is 12.1 Å². The lowest BCUT2D eigenvalue weighted by Crippen LogP contribution is -2.42. The second-order valence-electron chi connectivity index (χ2n) is 7.84. The van der Waals surface area contributed by atoms with Gasteiger partial charge in [0.1, 0.15) is 5.75 Å². The van der Waals surface area contributed by atoms with Crippen LogP contribution in [0.25, 0.3) is 0 Å². The van der Waals surface area contributed by atoms with Crippen LogP contribution in [0.1, 0.15) is 18.9 Å². The van der Waals surface area contributed by atoms with Gasteiger partial charge in [0.25, 0.3) is 0 Å². The van der Waals surface area contributed by atoms with Gasteiger partial charge in [0.2, 0.25) is 5.91 Å². The van der Waals surface area contributed by atoms with Crippen LogP contribution in [0.3, 0.4) is 0 Å². The Kier molecular flexibility index (Phi) is 6.50. The number of amides is 1. The van der Waals surface area contributed by atoms with Crippen molar-refractivity contribution in [2.45, 2.75) is 32.2 Å². The van der Waals surface area contributed by atoms with E-state index in [2.05, 4.69) is 15.0 Å². The Morgan fingerprint density at radius 3 is 2.68 bits per heavy atom. The molecule has 5 nitrogen and oxygen atoms in total. The van der Waals surface area contributed by atoms with Gasteiger partial charge in [-0.1, -0.05) is 12.1 Å². The van der Waals surface area contributed by atoms with Gasteiger partial charge in [-0.15, -0.1) is 13.2 Å². The molecule has 0 radical (unpaired) electrons. The highest BCUT2D eigenvalue weighted by Gasteiger charge is 2.54. The Morgan fingerprint density at radius 2 is 2.04 bits per heavy atom. The van der Waals surface area contributed by atoms with Gasteiger partial charge < -0.3 is 14.8 Å². The molecule has 0 bridgehead atoms. The molecule has 3 unspecified atom stereocenters. The van der Waals surface area contributed by atoms with Crippen molar-refractivity contribution >= 4 is 5.91 Å². The fourth-order valence-electron chi connectivity index (χ4n) is 4.34. The molecule has 8 heteroatoms. The van der Waals surface area contributed by atoms with Crippen molar-refractivity contribution in [2.24, 2.45) is 17.8 Å². The highest BCUT2D eigenvalue weighted by molar-refractivity contribution is 5.78. The second kappa shape index (κ2) is 8.69. The molecule has 1 aliphatic heterocycles. The first-order valence-electron chi connectivity index (χ1n) is 9.60. The van der Waals surface area contributed by atoms with Crippen molar-refractivity contribution < 1.29 is 27.4 Å². The predicted molar refractivity (Wildman–Crippen MR) is 97.8 cm³/mol. The van der Waals surface area contributed by atoms with Crippen molar-refractivity contribution in [1.82, 2.24) is 10.2 Å². The normalized spacial score (nSPS) is 25.2. The Balaban J connectivity index is 1.38. The first-order valence-corrected chi connectivity index (χ1v) is 9.60. The van der Waals surface area contributed by atoms with Crippen LogP contribution in [0.5, 0.6) is 5.75 Å². The summed E-state index contributed by atoms with van der Waals surface area (Å²) in [4.78, 5) is 14.2. The number of rotatable bonds is 9. The van der Waals surface area contributed by atoms with Crippen LogP contribution in [0.2, 0.25) is 0 Å². The largest absolute Gasteiger partial charge is 0.573 e. The number of carbonyl (C=O) groups excluding carboxylic acids is 1. The molecule has 3 rings (SSSR count). The third-order valence-electron chi connectivity index (χ3n) is 5.54. The molecule has 0 aromatic heterocycles. The van der Waals surface area contributed by atoms with Gasteiger partial charge in [-0.05, 0) is 55.2 Å². The smallest absolute Gasteiger partial charge is 0.406 e. The van der Waals surface area contributed by atoms with Crippen LogP contribution in [0.15, 0.2) is 24.3 Å². The molecular weight excluding hydrogens is 373 g/mol. The molecule has 1 amide bonds. The van der Waals surface area contributed by atoms with E-state index in [1.54, 1.807) is 13.2 Å². The average Bonchev–Trinajstić information content (AvgIpc) is 3.03. The maximum atomic E-state index is 12.3. The third-order valence-corrected chi connectivity index (χ3v) is 5.54. The minimum Gasteiger partial charge on any atom is -0.406 e. The Labute approximate surface area is 163 Å². The average molecular weight is 400 g/mol. The van der Waals surface area contributed by atoms with Crippen LogP contribution in [-0.4, -0.2) is 56.6 Å². The minimum absolute atomic E-state index is 0.000486. The maximum Gasteiger partial charge on any atom is 0.573 e. The maximum absolute atomic E-state index is 12.3. The lowest BCUT2D eigenvalue weighted by atomic mass is 10.0. The Morgan fingerprint density at radius 1 is 1.32 bits per heavy atom. The highest BCUT2D eigenvalue weighted by atomic mass is 19.4. The molecule has 3 atom stereocenters. The zero-order valence-electron chi connectivity index (χ0n) is 16.2. The first kappa shape index (κ1) is 20.9. The number of fused-ring (bicyclic) bond motifs is 1. The van der Waals surface area contributed by atoms with E-state index in [-0.39, 0.29) is 17.7 Å². The number of alkyl halides is 3. The van der Waals surface area contributed by atoms with Gasteiger partial charge in [0.05, 0.1) is 13.2 Å². The summed E-state index contributed by atoms with van der Waals surface area (Å²) in [6.45, 7) is 4.64. The van der Waals surface area contributed by atoms with Crippen LogP contribution < -0.4 is 10.1 Å². The van der Waals surface area contributed by atoms with E-state index in [0.717, 1.165) is 31.5 Å². The summed E-state index contributed by atoms with van der Waals surface area (Å²) in [6.07, 6.45) is -2.97. The zero-order valence-corrected chi connectivity index (χ0v) is 16.2. The van der Waals surface area contributed by atoms with Crippen molar-refractivity contribution in [3.8, 4) is 5.75 Å². The molecule has 156 valence electrons. The molecule has 0 spiro atoms. The number of aryl methyl sites for hydroxylation is 1. The van der Waals surface area contributed by atoms with Gasteiger partial charge in [0.15, 0.2) is 0 Å². The lowest BCUT2D eigenvalue weighted by molar-refractivity contribution is -0.274. The lowest BCUT2D eigenvalue weighted by Gasteiger charge is -2.20. The van der Waals surface area contributed by atoms with Gasteiger partial charge >= 0.3 is 6.36 Å². The standard InChI is InChI=1S/C20H27F3N2O3/c1-13(12-27-2)24-19(26)11-25-9-17-16(18(17)10-25)7-6-14-4-3-5-15(8-14)28-20(21,22)23/h3-5,8,13,16-18H,6-7,9-12H2,1-2H3,(H,24,26). The van der Waals surface area contributed by atoms with E-state index >= 15 is 0 Å². The van der Waals surface area contributed by atoms with E-state index in [4.69, 9.17) is 4.74 Å². The number of hydrogen-bond acceptors (Lipinski definition) is 4. The number of benzene rings is 1. The zero-order chi connectivity index (χ0) is 20.3. The number of likely N-dealkylation sites (tertiary alicyclic amines) is 1. The molecule has 1 aromatic rings. The van der Waals surface area contributed by atoms with E-state index in [0.29, 0.717) is 30.9 Å². The summed E-state index contributed by atoms with van der Waals surface area (Å²) in [5.74, 6) is 1.64. The van der Waals surface area contributed by atoms with Crippen molar-refractivity contribution in [2.75, 3.05) is 33.4 Å². The topological polar surface area (TPSA) is 50.8 Å². The van der Waals surface area contributed by atoms with Crippen molar-refractivity contribution in [3.05, 3.63) is 29.8 Å². The van der Waals surface area contributed by atoms with Crippen LogP contribution in [-0.2, 0) is 16.0 Å². The highest BCUT2D eigenvalue weighted by Crippen LogP contribution is 2.53. The van der Waals surface area contributed by atoms with Gasteiger partial charge in [-0.3, -0.25) is 9.69 Å².